The van der Waals surface area contributed by atoms with Gasteiger partial charge in [-0.15, -0.1) is 0 Å². The molecule has 0 fully saturated rings. The molecular formula is C19H22O3. The first-order valence-electron chi connectivity index (χ1n) is 7.66. The van der Waals surface area contributed by atoms with Gasteiger partial charge in [-0.05, 0) is 25.0 Å². The van der Waals surface area contributed by atoms with Gasteiger partial charge >= 0.3 is 5.97 Å². The van der Waals surface area contributed by atoms with Gasteiger partial charge in [0, 0.05) is 6.61 Å². The molecule has 0 aromatic heterocycles. The average Bonchev–Trinajstić information content (AvgIpc) is 2.56. The van der Waals surface area contributed by atoms with Gasteiger partial charge in [-0.25, -0.2) is 0 Å². The molecule has 0 saturated carbocycles. The highest BCUT2D eigenvalue weighted by Gasteiger charge is 2.32. The van der Waals surface area contributed by atoms with Gasteiger partial charge in [0.05, 0.1) is 12.7 Å². The maximum Gasteiger partial charge on any atom is 0.316 e. The van der Waals surface area contributed by atoms with Gasteiger partial charge in [0.15, 0.2) is 0 Å². The average molecular weight is 298 g/mol. The second-order valence-corrected chi connectivity index (χ2v) is 4.93. The van der Waals surface area contributed by atoms with E-state index in [1.165, 1.54) is 0 Å². The van der Waals surface area contributed by atoms with Crippen LogP contribution < -0.4 is 0 Å². The summed E-state index contributed by atoms with van der Waals surface area (Å²) in [5.74, 6) is -0.723. The van der Waals surface area contributed by atoms with E-state index < -0.39 is 5.92 Å². The molecule has 0 aliphatic rings. The lowest BCUT2D eigenvalue weighted by molar-refractivity contribution is -0.149. The standard InChI is InChI=1S/C19H22O3/c1-3-21-18(16-13-9-6-10-14-16)17(19(20)22-4-2)15-11-7-5-8-12-15/h5-14,17-18H,3-4H2,1-2H3. The van der Waals surface area contributed by atoms with Gasteiger partial charge in [-0.3, -0.25) is 4.79 Å². The fourth-order valence-corrected chi connectivity index (χ4v) is 2.53. The molecule has 0 bridgehead atoms. The summed E-state index contributed by atoms with van der Waals surface area (Å²) in [5, 5.41) is 0. The predicted octanol–water partition coefficient (Wildman–Crippen LogP) is 4.11. The fraction of sp³-hybridized carbons (Fsp3) is 0.316. The van der Waals surface area contributed by atoms with Gasteiger partial charge in [0.2, 0.25) is 0 Å². The van der Waals surface area contributed by atoms with Crippen molar-refractivity contribution < 1.29 is 14.3 Å². The highest BCUT2D eigenvalue weighted by molar-refractivity contribution is 5.79. The van der Waals surface area contributed by atoms with Crippen molar-refractivity contribution >= 4 is 5.97 Å². The van der Waals surface area contributed by atoms with E-state index in [0.29, 0.717) is 13.2 Å². The van der Waals surface area contributed by atoms with Crippen molar-refractivity contribution in [2.24, 2.45) is 0 Å². The summed E-state index contributed by atoms with van der Waals surface area (Å²) in [4.78, 5) is 12.5. The maximum atomic E-state index is 12.5. The summed E-state index contributed by atoms with van der Waals surface area (Å²) in [5.41, 5.74) is 1.88. The quantitative estimate of drug-likeness (QED) is 0.722. The zero-order valence-corrected chi connectivity index (χ0v) is 13.1. The molecule has 3 nitrogen and oxygen atoms in total. The first kappa shape index (κ1) is 16.2. The Bertz CT molecular complexity index is 566. The molecule has 0 spiro atoms. The van der Waals surface area contributed by atoms with Crippen LogP contribution in [-0.2, 0) is 14.3 Å². The highest BCUT2D eigenvalue weighted by atomic mass is 16.5. The van der Waals surface area contributed by atoms with Crippen LogP contribution in [0.2, 0.25) is 0 Å². The lowest BCUT2D eigenvalue weighted by Gasteiger charge is -2.26. The van der Waals surface area contributed by atoms with Crippen molar-refractivity contribution in [1.82, 2.24) is 0 Å². The summed E-state index contributed by atoms with van der Waals surface area (Å²) in [6, 6.07) is 19.5. The maximum absolute atomic E-state index is 12.5. The molecule has 0 amide bonds. The van der Waals surface area contributed by atoms with E-state index in [1.54, 1.807) is 0 Å². The Morgan fingerprint density at radius 3 is 1.91 bits per heavy atom. The number of hydrogen-bond donors (Lipinski definition) is 0. The lowest BCUT2D eigenvalue weighted by Crippen LogP contribution is -2.25. The van der Waals surface area contributed by atoms with Crippen LogP contribution in [0.4, 0.5) is 0 Å². The molecule has 116 valence electrons. The zero-order valence-electron chi connectivity index (χ0n) is 13.1. The predicted molar refractivity (Wildman–Crippen MR) is 86.6 cm³/mol. The molecule has 2 unspecified atom stereocenters. The summed E-state index contributed by atoms with van der Waals surface area (Å²) in [6.07, 6.45) is -0.354. The number of ether oxygens (including phenoxy) is 2. The Labute approximate surface area is 131 Å². The van der Waals surface area contributed by atoms with Crippen molar-refractivity contribution in [3.05, 3.63) is 71.8 Å². The zero-order chi connectivity index (χ0) is 15.8. The van der Waals surface area contributed by atoms with Crippen LogP contribution in [0, 0.1) is 0 Å². The van der Waals surface area contributed by atoms with Crippen molar-refractivity contribution in [2.75, 3.05) is 13.2 Å². The number of carbonyl (C=O) groups is 1. The Morgan fingerprint density at radius 2 is 1.41 bits per heavy atom. The summed E-state index contributed by atoms with van der Waals surface area (Å²) < 4.78 is 11.2. The van der Waals surface area contributed by atoms with Crippen LogP contribution >= 0.6 is 0 Å². The molecule has 0 saturated heterocycles. The minimum atomic E-state index is -0.469. The first-order chi connectivity index (χ1) is 10.8. The minimum Gasteiger partial charge on any atom is -0.465 e. The molecule has 0 aliphatic heterocycles. The van der Waals surface area contributed by atoms with Gasteiger partial charge < -0.3 is 9.47 Å². The van der Waals surface area contributed by atoms with E-state index in [4.69, 9.17) is 9.47 Å². The number of rotatable bonds is 7. The molecule has 2 aromatic rings. The smallest absolute Gasteiger partial charge is 0.316 e. The molecule has 22 heavy (non-hydrogen) atoms. The van der Waals surface area contributed by atoms with Crippen LogP contribution in [0.25, 0.3) is 0 Å². The normalized spacial score (nSPS) is 13.4. The summed E-state index contributed by atoms with van der Waals surface area (Å²) in [7, 11) is 0. The topological polar surface area (TPSA) is 35.5 Å². The molecule has 0 N–H and O–H groups in total. The van der Waals surface area contributed by atoms with E-state index in [0.717, 1.165) is 11.1 Å². The Balaban J connectivity index is 2.42. The molecule has 0 aliphatic carbocycles. The Kier molecular flexibility index (Phi) is 6.16. The van der Waals surface area contributed by atoms with Crippen LogP contribution in [0.15, 0.2) is 60.7 Å². The molecule has 2 atom stereocenters. The largest absolute Gasteiger partial charge is 0.465 e. The van der Waals surface area contributed by atoms with E-state index in [2.05, 4.69) is 0 Å². The van der Waals surface area contributed by atoms with Gasteiger partial charge in [-0.1, -0.05) is 60.7 Å². The van der Waals surface area contributed by atoms with Gasteiger partial charge in [-0.2, -0.15) is 0 Å². The molecule has 3 heteroatoms. The van der Waals surface area contributed by atoms with Crippen LogP contribution in [0.3, 0.4) is 0 Å². The van der Waals surface area contributed by atoms with Crippen LogP contribution in [0.1, 0.15) is 37.0 Å². The second kappa shape index (κ2) is 8.35. The fourth-order valence-electron chi connectivity index (χ4n) is 2.53. The first-order valence-corrected chi connectivity index (χ1v) is 7.66. The number of hydrogen-bond acceptors (Lipinski definition) is 3. The van der Waals surface area contributed by atoms with Crippen molar-refractivity contribution in [1.29, 1.82) is 0 Å². The lowest BCUT2D eigenvalue weighted by atomic mass is 9.89. The number of esters is 1. The third-order valence-corrected chi connectivity index (χ3v) is 3.48. The van der Waals surface area contributed by atoms with Crippen molar-refractivity contribution in [3.8, 4) is 0 Å². The second-order valence-electron chi connectivity index (χ2n) is 4.93. The van der Waals surface area contributed by atoms with E-state index >= 15 is 0 Å². The summed E-state index contributed by atoms with van der Waals surface area (Å²) >= 11 is 0. The van der Waals surface area contributed by atoms with Crippen molar-refractivity contribution in [3.63, 3.8) is 0 Å². The number of carbonyl (C=O) groups excluding carboxylic acids is 1. The number of benzene rings is 2. The molecular weight excluding hydrogens is 276 g/mol. The van der Waals surface area contributed by atoms with Crippen molar-refractivity contribution in [2.45, 2.75) is 25.9 Å². The molecule has 2 aromatic carbocycles. The Morgan fingerprint density at radius 1 is 0.864 bits per heavy atom. The third-order valence-electron chi connectivity index (χ3n) is 3.48. The monoisotopic (exact) mass is 298 g/mol. The van der Waals surface area contributed by atoms with E-state index in [-0.39, 0.29) is 12.1 Å². The Hall–Kier alpha value is -2.13. The molecule has 0 heterocycles. The highest BCUT2D eigenvalue weighted by Crippen LogP contribution is 2.35. The van der Waals surface area contributed by atoms with Crippen LogP contribution in [-0.4, -0.2) is 19.2 Å². The minimum absolute atomic E-state index is 0.254. The van der Waals surface area contributed by atoms with E-state index in [1.807, 2.05) is 74.5 Å². The summed E-state index contributed by atoms with van der Waals surface area (Å²) in [6.45, 7) is 4.64. The molecule has 0 radical (unpaired) electrons. The third kappa shape index (κ3) is 3.95. The van der Waals surface area contributed by atoms with Gasteiger partial charge in [0.25, 0.3) is 0 Å². The SMILES string of the molecule is CCOC(=O)C(c1ccccc1)C(OCC)c1ccccc1. The van der Waals surface area contributed by atoms with Crippen LogP contribution in [0.5, 0.6) is 0 Å². The van der Waals surface area contributed by atoms with E-state index in [9.17, 15) is 4.79 Å². The van der Waals surface area contributed by atoms with Gasteiger partial charge in [0.1, 0.15) is 5.92 Å². The molecule has 2 rings (SSSR count).